The molecule has 1 aromatic rings. The highest BCUT2D eigenvalue weighted by Gasteiger charge is 2.30. The molecule has 0 spiro atoms. The van der Waals surface area contributed by atoms with Gasteiger partial charge in [-0.3, -0.25) is 0 Å². The first-order valence-electron chi connectivity index (χ1n) is 5.94. The van der Waals surface area contributed by atoms with Crippen LogP contribution in [0.25, 0.3) is 0 Å². The number of hydrogen-bond donors (Lipinski definition) is 1. The van der Waals surface area contributed by atoms with Gasteiger partial charge in [-0.25, -0.2) is 4.98 Å². The summed E-state index contributed by atoms with van der Waals surface area (Å²) in [5, 5.41) is 3.08. The van der Waals surface area contributed by atoms with Crippen LogP contribution in [0.5, 0.6) is 0 Å². The Balaban J connectivity index is 1.90. The van der Waals surface area contributed by atoms with E-state index >= 15 is 0 Å². The Bertz CT molecular complexity index is 389. The van der Waals surface area contributed by atoms with Gasteiger partial charge in [0.2, 0.25) is 0 Å². The molecule has 0 amide bonds. The summed E-state index contributed by atoms with van der Waals surface area (Å²) in [6, 6.07) is 2.86. The zero-order chi connectivity index (χ0) is 13.2. The molecule has 1 aliphatic rings. The van der Waals surface area contributed by atoms with Gasteiger partial charge in [-0.2, -0.15) is 13.2 Å². The lowest BCUT2D eigenvalue weighted by Crippen LogP contribution is -2.31. The fourth-order valence-corrected chi connectivity index (χ4v) is 2.13. The van der Waals surface area contributed by atoms with Crippen molar-refractivity contribution in [1.82, 2.24) is 9.88 Å². The second kappa shape index (κ2) is 5.14. The predicted molar refractivity (Wildman–Crippen MR) is 63.4 cm³/mol. The predicted octanol–water partition coefficient (Wildman–Crippen LogP) is 2.61. The van der Waals surface area contributed by atoms with E-state index in [1.807, 2.05) is 0 Å². The lowest BCUT2D eigenvalue weighted by molar-refractivity contribution is -0.137. The summed E-state index contributed by atoms with van der Waals surface area (Å²) < 4.78 is 37.0. The first-order chi connectivity index (χ1) is 8.47. The lowest BCUT2D eigenvalue weighted by atomic mass is 10.2. The molecule has 100 valence electrons. The number of hydrogen-bond acceptors (Lipinski definition) is 3. The van der Waals surface area contributed by atoms with E-state index in [1.165, 1.54) is 12.5 Å². The third kappa shape index (κ3) is 3.13. The van der Waals surface area contributed by atoms with Crippen LogP contribution in [0.4, 0.5) is 19.0 Å². The van der Waals surface area contributed by atoms with E-state index in [2.05, 4.69) is 22.2 Å². The van der Waals surface area contributed by atoms with Crippen molar-refractivity contribution in [3.05, 3.63) is 23.9 Å². The Kier molecular flexibility index (Phi) is 3.75. The van der Waals surface area contributed by atoms with Crippen LogP contribution in [0.1, 0.15) is 18.4 Å². The molecule has 1 aliphatic heterocycles. The second-order valence-corrected chi connectivity index (χ2v) is 4.59. The van der Waals surface area contributed by atoms with E-state index in [4.69, 9.17) is 0 Å². The van der Waals surface area contributed by atoms with Crippen LogP contribution in [0.3, 0.4) is 0 Å². The van der Waals surface area contributed by atoms with Gasteiger partial charge in [0.1, 0.15) is 5.82 Å². The first kappa shape index (κ1) is 13.1. The number of aromatic nitrogens is 1. The number of alkyl halides is 3. The maximum Gasteiger partial charge on any atom is 0.417 e. The third-order valence-electron chi connectivity index (χ3n) is 3.28. The Morgan fingerprint density at radius 3 is 2.72 bits per heavy atom. The molecule has 1 saturated heterocycles. The molecule has 0 aliphatic carbocycles. The number of nitrogens with one attached hydrogen (secondary N) is 1. The molecule has 0 unspecified atom stereocenters. The van der Waals surface area contributed by atoms with Gasteiger partial charge in [0.25, 0.3) is 0 Å². The number of rotatable bonds is 3. The van der Waals surface area contributed by atoms with Gasteiger partial charge in [-0.05, 0) is 38.6 Å². The third-order valence-corrected chi connectivity index (χ3v) is 3.28. The lowest BCUT2D eigenvalue weighted by Gasteiger charge is -2.20. The molecular formula is C12H16F3N3. The minimum atomic E-state index is -4.32. The maximum atomic E-state index is 12.3. The smallest absolute Gasteiger partial charge is 0.369 e. The molecular weight excluding hydrogens is 243 g/mol. The highest BCUT2D eigenvalue weighted by atomic mass is 19.4. The number of pyridine rings is 1. The van der Waals surface area contributed by atoms with Crippen LogP contribution in [-0.4, -0.2) is 36.1 Å². The normalized spacial score (nSPS) is 21.2. The molecule has 2 heterocycles. The largest absolute Gasteiger partial charge is 0.417 e. The van der Waals surface area contributed by atoms with E-state index in [1.54, 1.807) is 0 Å². The van der Waals surface area contributed by atoms with Crippen molar-refractivity contribution in [1.29, 1.82) is 0 Å². The fraction of sp³-hybridized carbons (Fsp3) is 0.583. The van der Waals surface area contributed by atoms with Crippen molar-refractivity contribution in [3.8, 4) is 0 Å². The number of halogens is 3. The maximum absolute atomic E-state index is 12.3. The van der Waals surface area contributed by atoms with Crippen LogP contribution < -0.4 is 5.32 Å². The standard InChI is InChI=1S/C12H16F3N3/c1-18-6-2-3-10(18)8-17-11-5-4-9(7-16-11)12(13,14)15/h4-5,7,10H,2-3,6,8H2,1H3,(H,16,17)/t10-/m0/s1. The Hall–Kier alpha value is -1.30. The average Bonchev–Trinajstić information content (AvgIpc) is 2.72. The van der Waals surface area contributed by atoms with Gasteiger partial charge in [-0.1, -0.05) is 0 Å². The van der Waals surface area contributed by atoms with Gasteiger partial charge >= 0.3 is 6.18 Å². The molecule has 1 fully saturated rings. The minimum Gasteiger partial charge on any atom is -0.369 e. The number of likely N-dealkylation sites (tertiary alicyclic amines) is 1. The summed E-state index contributed by atoms with van der Waals surface area (Å²) in [6.07, 6.45) is -1.18. The van der Waals surface area contributed by atoms with Crippen molar-refractivity contribution in [2.24, 2.45) is 0 Å². The van der Waals surface area contributed by atoms with E-state index < -0.39 is 11.7 Å². The van der Waals surface area contributed by atoms with Crippen LogP contribution >= 0.6 is 0 Å². The van der Waals surface area contributed by atoms with E-state index in [0.717, 1.165) is 31.8 Å². The van der Waals surface area contributed by atoms with Crippen molar-refractivity contribution in [3.63, 3.8) is 0 Å². The first-order valence-corrected chi connectivity index (χ1v) is 5.94. The average molecular weight is 259 g/mol. The molecule has 0 saturated carbocycles. The molecule has 3 nitrogen and oxygen atoms in total. The molecule has 18 heavy (non-hydrogen) atoms. The molecule has 0 radical (unpaired) electrons. The summed E-state index contributed by atoms with van der Waals surface area (Å²) >= 11 is 0. The van der Waals surface area contributed by atoms with Crippen LogP contribution in [0.15, 0.2) is 18.3 Å². The minimum absolute atomic E-state index is 0.439. The van der Waals surface area contributed by atoms with Crippen molar-refractivity contribution in [2.75, 3.05) is 25.5 Å². The van der Waals surface area contributed by atoms with Gasteiger partial charge in [0, 0.05) is 18.8 Å². The van der Waals surface area contributed by atoms with Gasteiger partial charge in [0.15, 0.2) is 0 Å². The quantitative estimate of drug-likeness (QED) is 0.904. The highest BCUT2D eigenvalue weighted by molar-refractivity contribution is 5.36. The summed E-state index contributed by atoms with van der Waals surface area (Å²) in [6.45, 7) is 1.79. The highest BCUT2D eigenvalue weighted by Crippen LogP contribution is 2.28. The van der Waals surface area contributed by atoms with E-state index in [9.17, 15) is 13.2 Å². The van der Waals surface area contributed by atoms with Crippen molar-refractivity contribution >= 4 is 5.82 Å². The molecule has 6 heteroatoms. The monoisotopic (exact) mass is 259 g/mol. The van der Waals surface area contributed by atoms with Crippen LogP contribution in [0.2, 0.25) is 0 Å². The van der Waals surface area contributed by atoms with Gasteiger partial charge in [-0.15, -0.1) is 0 Å². The SMILES string of the molecule is CN1CCC[C@H]1CNc1ccc(C(F)(F)F)cn1. The summed E-state index contributed by atoms with van der Waals surface area (Å²) in [4.78, 5) is 6.03. The number of nitrogens with zero attached hydrogens (tertiary/aromatic N) is 2. The summed E-state index contributed by atoms with van der Waals surface area (Å²) in [7, 11) is 2.06. The second-order valence-electron chi connectivity index (χ2n) is 4.59. The Morgan fingerprint density at radius 2 is 2.22 bits per heavy atom. The van der Waals surface area contributed by atoms with Gasteiger partial charge < -0.3 is 10.2 Å². The zero-order valence-corrected chi connectivity index (χ0v) is 10.2. The molecule has 2 rings (SSSR count). The fourth-order valence-electron chi connectivity index (χ4n) is 2.13. The van der Waals surface area contributed by atoms with Crippen LogP contribution in [0, 0.1) is 0 Å². The van der Waals surface area contributed by atoms with Crippen molar-refractivity contribution in [2.45, 2.75) is 25.1 Å². The Morgan fingerprint density at radius 1 is 1.44 bits per heavy atom. The molecule has 1 N–H and O–H groups in total. The topological polar surface area (TPSA) is 28.2 Å². The molecule has 0 aromatic carbocycles. The molecule has 0 bridgehead atoms. The van der Waals surface area contributed by atoms with E-state index in [-0.39, 0.29) is 0 Å². The zero-order valence-electron chi connectivity index (χ0n) is 10.2. The van der Waals surface area contributed by atoms with Crippen LogP contribution in [-0.2, 0) is 6.18 Å². The molecule has 1 atom stereocenters. The van der Waals surface area contributed by atoms with Gasteiger partial charge in [0.05, 0.1) is 5.56 Å². The number of anilines is 1. The number of likely N-dealkylation sites (N-methyl/N-ethyl adjacent to an activating group) is 1. The van der Waals surface area contributed by atoms with E-state index in [0.29, 0.717) is 11.9 Å². The Labute approximate surface area is 104 Å². The molecule has 1 aromatic heterocycles. The summed E-state index contributed by atoms with van der Waals surface area (Å²) in [5.74, 6) is 0.489. The van der Waals surface area contributed by atoms with Crippen molar-refractivity contribution < 1.29 is 13.2 Å². The summed E-state index contributed by atoms with van der Waals surface area (Å²) in [5.41, 5.74) is -0.717.